The maximum absolute atomic E-state index is 12.1. The first kappa shape index (κ1) is 18.5. The molecule has 4 rings (SSSR count). The quantitative estimate of drug-likeness (QED) is 0.573. The van der Waals surface area contributed by atoms with E-state index < -0.39 is 5.60 Å². The zero-order chi connectivity index (χ0) is 19.6. The van der Waals surface area contributed by atoms with Crippen molar-refractivity contribution >= 4 is 11.1 Å². The fourth-order valence-electron chi connectivity index (χ4n) is 4.28. The molecule has 0 radical (unpaired) electrons. The summed E-state index contributed by atoms with van der Waals surface area (Å²) < 4.78 is 5.51. The predicted octanol–water partition coefficient (Wildman–Crippen LogP) is 6.05. The molecule has 1 unspecified atom stereocenters. The van der Waals surface area contributed by atoms with E-state index in [0.717, 1.165) is 52.0 Å². The van der Waals surface area contributed by atoms with Crippen LogP contribution >= 0.6 is 0 Å². The molecule has 0 saturated heterocycles. The zero-order valence-corrected chi connectivity index (χ0v) is 16.5. The molecule has 2 nitrogen and oxygen atoms in total. The molecule has 0 aliphatic heterocycles. The fourth-order valence-corrected chi connectivity index (χ4v) is 4.28. The Morgan fingerprint density at radius 1 is 0.857 bits per heavy atom. The van der Waals surface area contributed by atoms with Crippen LogP contribution in [0.15, 0.2) is 78.9 Å². The summed E-state index contributed by atoms with van der Waals surface area (Å²) in [5.41, 5.74) is 5.29. The van der Waals surface area contributed by atoms with Gasteiger partial charge >= 0.3 is 0 Å². The summed E-state index contributed by atoms with van der Waals surface area (Å²) in [6.07, 6.45) is 2.69. The number of methoxy groups -OCH3 is 1. The number of hydrogen-bond acceptors (Lipinski definition) is 2. The van der Waals surface area contributed by atoms with Crippen molar-refractivity contribution in [1.82, 2.24) is 0 Å². The van der Waals surface area contributed by atoms with Crippen LogP contribution in [0.2, 0.25) is 0 Å². The Labute approximate surface area is 167 Å². The third-order valence-corrected chi connectivity index (χ3v) is 5.62. The Morgan fingerprint density at radius 2 is 1.50 bits per heavy atom. The third-order valence-electron chi connectivity index (χ3n) is 5.62. The second kappa shape index (κ2) is 7.65. The Bertz CT molecular complexity index is 989. The first-order chi connectivity index (χ1) is 13.7. The lowest BCUT2D eigenvalue weighted by Gasteiger charge is -2.29. The van der Waals surface area contributed by atoms with Crippen LogP contribution in [-0.2, 0) is 5.60 Å². The lowest BCUT2D eigenvalue weighted by Crippen LogP contribution is -2.25. The minimum absolute atomic E-state index is 0.698. The van der Waals surface area contributed by atoms with E-state index in [2.05, 4.69) is 37.3 Å². The summed E-state index contributed by atoms with van der Waals surface area (Å²) in [6, 6.07) is 26.7. The van der Waals surface area contributed by atoms with E-state index in [-0.39, 0.29) is 0 Å². The van der Waals surface area contributed by atoms with Gasteiger partial charge in [0.1, 0.15) is 11.4 Å². The summed E-state index contributed by atoms with van der Waals surface area (Å²) >= 11 is 0. The first-order valence-electron chi connectivity index (χ1n) is 9.96. The molecule has 0 saturated carbocycles. The Balaban J connectivity index is 2.05. The van der Waals surface area contributed by atoms with Gasteiger partial charge in [-0.3, -0.25) is 0 Å². The maximum Gasteiger partial charge on any atom is 0.119 e. The van der Waals surface area contributed by atoms with Crippen molar-refractivity contribution in [3.8, 4) is 5.75 Å². The standard InChI is InChI=1S/C26H26O2/c1-3-4-17-26(27)23-16-15-21(28-2)18-22(23)24(19-11-7-5-8-12-19)25(26)20-13-9-6-10-14-20/h5-16,18,27H,3-4,17H2,1-2H3. The molecule has 0 aromatic heterocycles. The van der Waals surface area contributed by atoms with Crippen molar-refractivity contribution in [2.24, 2.45) is 0 Å². The van der Waals surface area contributed by atoms with Crippen LogP contribution < -0.4 is 4.74 Å². The SMILES string of the molecule is CCCCC1(O)C(c2ccccc2)=C(c2ccccc2)c2cc(OC)ccc21. The topological polar surface area (TPSA) is 29.5 Å². The molecule has 1 atom stereocenters. The van der Waals surface area contributed by atoms with Gasteiger partial charge in [-0.2, -0.15) is 0 Å². The van der Waals surface area contributed by atoms with Crippen molar-refractivity contribution in [1.29, 1.82) is 0 Å². The fraction of sp³-hybridized carbons (Fsp3) is 0.231. The summed E-state index contributed by atoms with van der Waals surface area (Å²) in [4.78, 5) is 0. The molecule has 0 amide bonds. The smallest absolute Gasteiger partial charge is 0.119 e. The van der Waals surface area contributed by atoms with Crippen LogP contribution in [0.25, 0.3) is 11.1 Å². The van der Waals surface area contributed by atoms with Crippen LogP contribution in [0.1, 0.15) is 48.4 Å². The normalized spacial score (nSPS) is 18.2. The summed E-state index contributed by atoms with van der Waals surface area (Å²) in [6.45, 7) is 2.16. The van der Waals surface area contributed by atoms with Crippen molar-refractivity contribution in [2.75, 3.05) is 7.11 Å². The van der Waals surface area contributed by atoms with Crippen LogP contribution in [0.5, 0.6) is 5.75 Å². The lowest BCUT2D eigenvalue weighted by atomic mass is 9.81. The largest absolute Gasteiger partial charge is 0.497 e. The van der Waals surface area contributed by atoms with E-state index in [1.165, 1.54) is 0 Å². The molecular formula is C26H26O2. The minimum atomic E-state index is -1.01. The van der Waals surface area contributed by atoms with Gasteiger partial charge in [0, 0.05) is 5.57 Å². The monoisotopic (exact) mass is 370 g/mol. The molecule has 3 aromatic carbocycles. The number of hydrogen-bond donors (Lipinski definition) is 1. The van der Waals surface area contributed by atoms with Crippen molar-refractivity contribution in [3.63, 3.8) is 0 Å². The second-order valence-corrected chi connectivity index (χ2v) is 7.36. The van der Waals surface area contributed by atoms with Gasteiger partial charge in [-0.05, 0) is 46.4 Å². The van der Waals surface area contributed by atoms with Gasteiger partial charge in [-0.15, -0.1) is 0 Å². The highest BCUT2D eigenvalue weighted by atomic mass is 16.5. The molecule has 0 bridgehead atoms. The molecule has 1 N–H and O–H groups in total. The highest BCUT2D eigenvalue weighted by molar-refractivity contribution is 6.06. The van der Waals surface area contributed by atoms with Crippen LogP contribution in [0.3, 0.4) is 0 Å². The highest BCUT2D eigenvalue weighted by Crippen LogP contribution is 2.54. The Hall–Kier alpha value is -2.84. The number of fused-ring (bicyclic) bond motifs is 1. The van der Waals surface area contributed by atoms with E-state index in [0.29, 0.717) is 6.42 Å². The van der Waals surface area contributed by atoms with Gasteiger partial charge in [0.15, 0.2) is 0 Å². The molecule has 0 fully saturated rings. The highest BCUT2D eigenvalue weighted by Gasteiger charge is 2.44. The van der Waals surface area contributed by atoms with Gasteiger partial charge in [0.2, 0.25) is 0 Å². The molecule has 2 heteroatoms. The van der Waals surface area contributed by atoms with Crippen molar-refractivity contribution < 1.29 is 9.84 Å². The second-order valence-electron chi connectivity index (χ2n) is 7.36. The van der Waals surface area contributed by atoms with Crippen LogP contribution in [0.4, 0.5) is 0 Å². The third kappa shape index (κ3) is 3.04. The predicted molar refractivity (Wildman–Crippen MR) is 115 cm³/mol. The van der Waals surface area contributed by atoms with E-state index in [4.69, 9.17) is 4.74 Å². The lowest BCUT2D eigenvalue weighted by molar-refractivity contribution is 0.0907. The molecule has 28 heavy (non-hydrogen) atoms. The summed E-state index contributed by atoms with van der Waals surface area (Å²) in [7, 11) is 1.68. The maximum atomic E-state index is 12.1. The molecule has 3 aromatic rings. The van der Waals surface area contributed by atoms with Gasteiger partial charge in [0.05, 0.1) is 7.11 Å². The van der Waals surface area contributed by atoms with E-state index in [1.54, 1.807) is 7.11 Å². The average molecular weight is 370 g/mol. The van der Waals surface area contributed by atoms with Crippen LogP contribution in [-0.4, -0.2) is 12.2 Å². The molecular weight excluding hydrogens is 344 g/mol. The zero-order valence-electron chi connectivity index (χ0n) is 16.5. The number of ether oxygens (including phenoxy) is 1. The van der Waals surface area contributed by atoms with Crippen molar-refractivity contribution in [2.45, 2.75) is 31.8 Å². The van der Waals surface area contributed by atoms with Gasteiger partial charge < -0.3 is 9.84 Å². The Kier molecular flexibility index (Phi) is 5.06. The van der Waals surface area contributed by atoms with Gasteiger partial charge in [-0.25, -0.2) is 0 Å². The molecule has 0 heterocycles. The Morgan fingerprint density at radius 3 is 2.11 bits per heavy atom. The van der Waals surface area contributed by atoms with E-state index in [9.17, 15) is 5.11 Å². The van der Waals surface area contributed by atoms with E-state index >= 15 is 0 Å². The van der Waals surface area contributed by atoms with Gasteiger partial charge in [0.25, 0.3) is 0 Å². The van der Waals surface area contributed by atoms with Crippen LogP contribution in [0, 0.1) is 0 Å². The average Bonchev–Trinajstić information content (AvgIpc) is 3.02. The number of benzene rings is 3. The minimum Gasteiger partial charge on any atom is -0.497 e. The number of aliphatic hydroxyl groups is 1. The van der Waals surface area contributed by atoms with Crippen molar-refractivity contribution in [3.05, 3.63) is 101 Å². The number of unbranched alkanes of at least 4 members (excludes halogenated alkanes) is 1. The first-order valence-corrected chi connectivity index (χ1v) is 9.96. The molecule has 142 valence electrons. The molecule has 0 spiro atoms. The molecule has 1 aliphatic rings. The summed E-state index contributed by atoms with van der Waals surface area (Å²) in [5.74, 6) is 0.805. The number of rotatable bonds is 6. The van der Waals surface area contributed by atoms with Gasteiger partial charge in [-0.1, -0.05) is 86.5 Å². The molecule has 1 aliphatic carbocycles. The summed E-state index contributed by atoms with van der Waals surface area (Å²) in [5, 5.41) is 12.1. The van der Waals surface area contributed by atoms with E-state index in [1.807, 2.05) is 48.5 Å².